The molecule has 1 aromatic heterocycles. The molecule has 0 saturated heterocycles. The second-order valence-corrected chi connectivity index (χ2v) is 5.46. The molecule has 0 aliphatic heterocycles. The lowest BCUT2D eigenvalue weighted by atomic mass is 10.1. The summed E-state index contributed by atoms with van der Waals surface area (Å²) < 4.78 is 5.08. The van der Waals surface area contributed by atoms with Gasteiger partial charge in [-0.3, -0.25) is 4.79 Å². The normalized spacial score (nSPS) is 10.6. The molecular weight excluding hydrogens is 304 g/mol. The number of amides is 1. The van der Waals surface area contributed by atoms with Crippen LogP contribution < -0.4 is 5.32 Å². The maximum atomic E-state index is 12.5. The van der Waals surface area contributed by atoms with Crippen LogP contribution >= 0.6 is 0 Å². The van der Waals surface area contributed by atoms with E-state index < -0.39 is 5.97 Å². The van der Waals surface area contributed by atoms with Crippen molar-refractivity contribution in [3.8, 4) is 0 Å². The summed E-state index contributed by atoms with van der Waals surface area (Å²) in [6.07, 6.45) is 0. The molecule has 24 heavy (non-hydrogen) atoms. The number of hydrogen-bond donors (Lipinski definition) is 2. The number of nitrogens with one attached hydrogen (secondary N) is 2. The zero-order chi connectivity index (χ0) is 17.1. The molecule has 3 aromatic rings. The van der Waals surface area contributed by atoms with Gasteiger partial charge >= 0.3 is 5.97 Å². The topological polar surface area (TPSA) is 71.2 Å². The number of benzene rings is 2. The Labute approximate surface area is 139 Å². The monoisotopic (exact) mass is 322 g/mol. The lowest BCUT2D eigenvalue weighted by molar-refractivity contribution is 0.0522. The van der Waals surface area contributed by atoms with E-state index in [1.54, 1.807) is 19.1 Å². The molecule has 5 heteroatoms. The first-order chi connectivity index (χ1) is 11.6. The van der Waals surface area contributed by atoms with Crippen LogP contribution in [0.25, 0.3) is 10.9 Å². The molecule has 0 atom stereocenters. The van der Waals surface area contributed by atoms with E-state index >= 15 is 0 Å². The van der Waals surface area contributed by atoms with Gasteiger partial charge in [-0.1, -0.05) is 35.9 Å². The number of ether oxygens (including phenoxy) is 1. The number of carbonyl (C=O) groups is 2. The molecule has 0 unspecified atom stereocenters. The SMILES string of the molecule is CCOC(=O)c1[nH]c2ccccc2c1NC(=O)c1ccc(C)cc1. The second kappa shape index (κ2) is 6.58. The number of aromatic nitrogens is 1. The van der Waals surface area contributed by atoms with Gasteiger partial charge in [0.05, 0.1) is 12.3 Å². The minimum absolute atomic E-state index is 0.249. The highest BCUT2D eigenvalue weighted by molar-refractivity contribution is 6.14. The van der Waals surface area contributed by atoms with Crippen LogP contribution in [0.5, 0.6) is 0 Å². The van der Waals surface area contributed by atoms with E-state index in [0.717, 1.165) is 16.5 Å². The minimum atomic E-state index is -0.493. The Kier molecular flexibility index (Phi) is 4.33. The molecule has 0 fully saturated rings. The van der Waals surface area contributed by atoms with E-state index in [4.69, 9.17) is 4.74 Å². The van der Waals surface area contributed by atoms with E-state index in [9.17, 15) is 9.59 Å². The third-order valence-electron chi connectivity index (χ3n) is 3.74. The predicted molar refractivity (Wildman–Crippen MR) is 93.4 cm³/mol. The fourth-order valence-electron chi connectivity index (χ4n) is 2.52. The average Bonchev–Trinajstić information content (AvgIpc) is 2.94. The van der Waals surface area contributed by atoms with E-state index in [1.807, 2.05) is 43.3 Å². The first-order valence-corrected chi connectivity index (χ1v) is 7.76. The second-order valence-electron chi connectivity index (χ2n) is 5.46. The van der Waals surface area contributed by atoms with Gasteiger partial charge in [0, 0.05) is 16.5 Å². The smallest absolute Gasteiger partial charge is 0.356 e. The molecule has 2 N–H and O–H groups in total. The fourth-order valence-corrected chi connectivity index (χ4v) is 2.52. The van der Waals surface area contributed by atoms with Crippen LogP contribution in [0.2, 0.25) is 0 Å². The number of H-pyrrole nitrogens is 1. The van der Waals surface area contributed by atoms with Crippen molar-refractivity contribution in [3.63, 3.8) is 0 Å². The van der Waals surface area contributed by atoms with Gasteiger partial charge in [0.25, 0.3) is 5.91 Å². The summed E-state index contributed by atoms with van der Waals surface area (Å²) in [5, 5.41) is 3.60. The highest BCUT2D eigenvalue weighted by Gasteiger charge is 2.20. The number of esters is 1. The number of anilines is 1. The summed E-state index contributed by atoms with van der Waals surface area (Å²) >= 11 is 0. The molecule has 3 rings (SSSR count). The van der Waals surface area contributed by atoms with E-state index in [-0.39, 0.29) is 18.2 Å². The average molecular weight is 322 g/mol. The van der Waals surface area contributed by atoms with Crippen LogP contribution in [-0.4, -0.2) is 23.5 Å². The zero-order valence-electron chi connectivity index (χ0n) is 13.6. The highest BCUT2D eigenvalue weighted by atomic mass is 16.5. The summed E-state index contributed by atoms with van der Waals surface area (Å²) in [4.78, 5) is 27.7. The largest absolute Gasteiger partial charge is 0.461 e. The third kappa shape index (κ3) is 3.01. The number of aryl methyl sites for hydroxylation is 1. The van der Waals surface area contributed by atoms with E-state index in [1.165, 1.54) is 0 Å². The Balaban J connectivity index is 2.00. The van der Waals surface area contributed by atoms with Crippen LogP contribution in [0.1, 0.15) is 33.3 Å². The number of carbonyl (C=O) groups excluding carboxylic acids is 2. The van der Waals surface area contributed by atoms with E-state index in [2.05, 4.69) is 10.3 Å². The van der Waals surface area contributed by atoms with Crippen LogP contribution in [-0.2, 0) is 4.74 Å². The molecule has 5 nitrogen and oxygen atoms in total. The third-order valence-corrected chi connectivity index (χ3v) is 3.74. The molecule has 0 aliphatic rings. The molecule has 1 amide bonds. The summed E-state index contributed by atoms with van der Waals surface area (Å²) in [5.74, 6) is -0.766. The summed E-state index contributed by atoms with van der Waals surface area (Å²) in [6.45, 7) is 3.96. The van der Waals surface area contributed by atoms with Gasteiger partial charge < -0.3 is 15.0 Å². The van der Waals surface area contributed by atoms with Crippen LogP contribution in [0.3, 0.4) is 0 Å². The standard InChI is InChI=1S/C19H18N2O3/c1-3-24-19(23)17-16(14-6-4-5-7-15(14)20-17)21-18(22)13-10-8-12(2)9-11-13/h4-11,20H,3H2,1-2H3,(H,21,22). The van der Waals surface area contributed by atoms with Crippen molar-refractivity contribution in [2.75, 3.05) is 11.9 Å². The molecule has 2 aromatic carbocycles. The van der Waals surface area contributed by atoms with Crippen LogP contribution in [0.15, 0.2) is 48.5 Å². The Morgan fingerprint density at radius 1 is 1.08 bits per heavy atom. The Bertz CT molecular complexity index is 895. The first-order valence-electron chi connectivity index (χ1n) is 7.76. The van der Waals surface area contributed by atoms with Crippen molar-refractivity contribution in [2.24, 2.45) is 0 Å². The number of hydrogen-bond acceptors (Lipinski definition) is 3. The molecule has 0 radical (unpaired) electrons. The molecular formula is C19H18N2O3. The number of para-hydroxylation sites is 1. The van der Waals surface area contributed by atoms with Crippen molar-refractivity contribution >= 4 is 28.5 Å². The number of aromatic amines is 1. The van der Waals surface area contributed by atoms with Crippen molar-refractivity contribution in [3.05, 3.63) is 65.4 Å². The fraction of sp³-hybridized carbons (Fsp3) is 0.158. The van der Waals surface area contributed by atoms with Crippen molar-refractivity contribution < 1.29 is 14.3 Å². The molecule has 0 saturated carbocycles. The van der Waals surface area contributed by atoms with E-state index in [0.29, 0.717) is 11.3 Å². The molecule has 1 heterocycles. The molecule has 0 bridgehead atoms. The lowest BCUT2D eigenvalue weighted by Gasteiger charge is -2.07. The lowest BCUT2D eigenvalue weighted by Crippen LogP contribution is -2.15. The van der Waals surface area contributed by atoms with Crippen molar-refractivity contribution in [1.29, 1.82) is 0 Å². The number of fused-ring (bicyclic) bond motifs is 1. The zero-order valence-corrected chi connectivity index (χ0v) is 13.6. The van der Waals surface area contributed by atoms with Gasteiger partial charge in [0.15, 0.2) is 0 Å². The van der Waals surface area contributed by atoms with Gasteiger partial charge in [-0.05, 0) is 32.0 Å². The maximum Gasteiger partial charge on any atom is 0.356 e. The Hall–Kier alpha value is -3.08. The molecule has 122 valence electrons. The summed E-state index contributed by atoms with van der Waals surface area (Å²) in [6, 6.07) is 14.7. The predicted octanol–water partition coefficient (Wildman–Crippen LogP) is 3.91. The van der Waals surface area contributed by atoms with Crippen LogP contribution in [0.4, 0.5) is 5.69 Å². The van der Waals surface area contributed by atoms with Crippen molar-refractivity contribution in [1.82, 2.24) is 4.98 Å². The van der Waals surface area contributed by atoms with Gasteiger partial charge in [0.2, 0.25) is 0 Å². The van der Waals surface area contributed by atoms with Gasteiger partial charge in [-0.25, -0.2) is 4.79 Å². The van der Waals surface area contributed by atoms with Gasteiger partial charge in [-0.15, -0.1) is 0 Å². The Morgan fingerprint density at radius 3 is 2.50 bits per heavy atom. The highest BCUT2D eigenvalue weighted by Crippen LogP contribution is 2.28. The van der Waals surface area contributed by atoms with Crippen LogP contribution in [0, 0.1) is 6.92 Å². The maximum absolute atomic E-state index is 12.5. The van der Waals surface area contributed by atoms with Gasteiger partial charge in [0.1, 0.15) is 5.69 Å². The molecule has 0 aliphatic carbocycles. The summed E-state index contributed by atoms with van der Waals surface area (Å²) in [7, 11) is 0. The Morgan fingerprint density at radius 2 is 1.79 bits per heavy atom. The quantitative estimate of drug-likeness (QED) is 0.716. The van der Waals surface area contributed by atoms with Crippen molar-refractivity contribution in [2.45, 2.75) is 13.8 Å². The van der Waals surface area contributed by atoms with Gasteiger partial charge in [-0.2, -0.15) is 0 Å². The summed E-state index contributed by atoms with van der Waals surface area (Å²) in [5.41, 5.74) is 3.06. The first kappa shape index (κ1) is 15.8. The molecule has 0 spiro atoms. The number of rotatable bonds is 4. The minimum Gasteiger partial charge on any atom is -0.461 e.